The van der Waals surface area contributed by atoms with Gasteiger partial charge in [0.2, 0.25) is 0 Å². The van der Waals surface area contributed by atoms with E-state index in [1.807, 2.05) is 30.3 Å². The number of methoxy groups -OCH3 is 1. The molecular weight excluding hydrogens is 302 g/mol. The number of carbonyl (C=O) groups is 1. The van der Waals surface area contributed by atoms with Crippen LogP contribution < -0.4 is 10.6 Å². The molecule has 1 amide bonds. The number of nitrogens with zero attached hydrogens (tertiary/aromatic N) is 1. The van der Waals surface area contributed by atoms with Crippen LogP contribution >= 0.6 is 0 Å². The van der Waals surface area contributed by atoms with Crippen LogP contribution in [0.2, 0.25) is 0 Å². The largest absolute Gasteiger partial charge is 0.380 e. The minimum absolute atomic E-state index is 0.125. The topological polar surface area (TPSA) is 63.2 Å². The number of amides is 1. The van der Waals surface area contributed by atoms with Crippen molar-refractivity contribution in [3.63, 3.8) is 0 Å². The SMILES string of the molecule is CNC(=O)c1ccc(-c2cccc(COC)c2)nc1NCC1CC1. The van der Waals surface area contributed by atoms with E-state index in [-0.39, 0.29) is 5.91 Å². The number of hydrogen-bond donors (Lipinski definition) is 2. The molecule has 1 aliphatic carbocycles. The smallest absolute Gasteiger partial charge is 0.254 e. The van der Waals surface area contributed by atoms with Crippen LogP contribution in [0.4, 0.5) is 5.82 Å². The second kappa shape index (κ2) is 7.45. The number of ether oxygens (including phenoxy) is 1. The van der Waals surface area contributed by atoms with Gasteiger partial charge in [-0.3, -0.25) is 4.79 Å². The molecule has 0 aliphatic heterocycles. The van der Waals surface area contributed by atoms with E-state index >= 15 is 0 Å². The number of benzene rings is 1. The summed E-state index contributed by atoms with van der Waals surface area (Å²) in [6.07, 6.45) is 2.50. The van der Waals surface area contributed by atoms with Gasteiger partial charge in [0, 0.05) is 26.3 Å². The third-order valence-electron chi connectivity index (χ3n) is 4.16. The molecule has 5 heteroatoms. The van der Waals surface area contributed by atoms with Gasteiger partial charge < -0.3 is 15.4 Å². The molecule has 0 spiro atoms. The van der Waals surface area contributed by atoms with Gasteiger partial charge in [0.05, 0.1) is 17.9 Å². The molecule has 1 aromatic carbocycles. The fourth-order valence-corrected chi connectivity index (χ4v) is 2.62. The maximum Gasteiger partial charge on any atom is 0.254 e. The summed E-state index contributed by atoms with van der Waals surface area (Å²) in [5, 5.41) is 6.02. The minimum atomic E-state index is -0.125. The molecule has 0 bridgehead atoms. The van der Waals surface area contributed by atoms with Gasteiger partial charge in [0.15, 0.2) is 0 Å². The van der Waals surface area contributed by atoms with Gasteiger partial charge >= 0.3 is 0 Å². The Morgan fingerprint density at radius 2 is 2.12 bits per heavy atom. The van der Waals surface area contributed by atoms with E-state index in [0.29, 0.717) is 23.9 Å². The van der Waals surface area contributed by atoms with Gasteiger partial charge in [-0.15, -0.1) is 0 Å². The highest BCUT2D eigenvalue weighted by Crippen LogP contribution is 2.30. The first kappa shape index (κ1) is 16.5. The van der Waals surface area contributed by atoms with Crippen molar-refractivity contribution >= 4 is 11.7 Å². The first-order valence-electron chi connectivity index (χ1n) is 8.26. The summed E-state index contributed by atoms with van der Waals surface area (Å²) in [6.45, 7) is 1.43. The fraction of sp³-hybridized carbons (Fsp3) is 0.368. The number of carbonyl (C=O) groups excluding carboxylic acids is 1. The van der Waals surface area contributed by atoms with Crippen molar-refractivity contribution in [2.45, 2.75) is 19.4 Å². The summed E-state index contributed by atoms with van der Waals surface area (Å²) >= 11 is 0. The molecular formula is C19H23N3O2. The predicted octanol–water partition coefficient (Wildman–Crippen LogP) is 3.08. The van der Waals surface area contributed by atoms with Gasteiger partial charge in [0.1, 0.15) is 5.82 Å². The lowest BCUT2D eigenvalue weighted by Crippen LogP contribution is -2.21. The van der Waals surface area contributed by atoms with Crippen molar-refractivity contribution < 1.29 is 9.53 Å². The Balaban J connectivity index is 1.91. The molecule has 126 valence electrons. The van der Waals surface area contributed by atoms with Crippen molar-refractivity contribution in [3.05, 3.63) is 47.5 Å². The summed E-state index contributed by atoms with van der Waals surface area (Å²) in [4.78, 5) is 16.8. The van der Waals surface area contributed by atoms with Gasteiger partial charge in [-0.05, 0) is 42.5 Å². The Hall–Kier alpha value is -2.40. The van der Waals surface area contributed by atoms with Crippen molar-refractivity contribution in [1.82, 2.24) is 10.3 Å². The summed E-state index contributed by atoms with van der Waals surface area (Å²) < 4.78 is 5.19. The zero-order valence-corrected chi connectivity index (χ0v) is 14.1. The number of anilines is 1. The summed E-state index contributed by atoms with van der Waals surface area (Å²) in [7, 11) is 3.32. The minimum Gasteiger partial charge on any atom is -0.380 e. The van der Waals surface area contributed by atoms with E-state index in [1.165, 1.54) is 12.8 Å². The van der Waals surface area contributed by atoms with Crippen LogP contribution in [0.5, 0.6) is 0 Å². The Bertz CT molecular complexity index is 726. The molecule has 1 saturated carbocycles. The molecule has 0 saturated heterocycles. The van der Waals surface area contributed by atoms with E-state index in [0.717, 1.165) is 23.4 Å². The number of nitrogens with one attached hydrogen (secondary N) is 2. The zero-order chi connectivity index (χ0) is 16.9. The number of pyridine rings is 1. The van der Waals surface area contributed by atoms with E-state index in [4.69, 9.17) is 9.72 Å². The van der Waals surface area contributed by atoms with E-state index < -0.39 is 0 Å². The maximum atomic E-state index is 12.1. The van der Waals surface area contributed by atoms with Gasteiger partial charge in [0.25, 0.3) is 5.91 Å². The molecule has 1 aromatic heterocycles. The average Bonchev–Trinajstić information content (AvgIpc) is 3.44. The number of aromatic nitrogens is 1. The van der Waals surface area contributed by atoms with Crippen LogP contribution in [0, 0.1) is 5.92 Å². The third-order valence-corrected chi connectivity index (χ3v) is 4.16. The molecule has 2 N–H and O–H groups in total. The highest BCUT2D eigenvalue weighted by molar-refractivity contribution is 5.99. The normalized spacial score (nSPS) is 13.6. The molecule has 2 aromatic rings. The molecule has 1 aliphatic rings. The Labute approximate surface area is 142 Å². The zero-order valence-electron chi connectivity index (χ0n) is 14.1. The van der Waals surface area contributed by atoms with Crippen molar-refractivity contribution in [3.8, 4) is 11.3 Å². The highest BCUT2D eigenvalue weighted by atomic mass is 16.5. The van der Waals surface area contributed by atoms with Crippen LogP contribution in [0.1, 0.15) is 28.8 Å². The van der Waals surface area contributed by atoms with E-state index in [1.54, 1.807) is 14.2 Å². The predicted molar refractivity (Wildman–Crippen MR) is 95.0 cm³/mol. The summed E-state index contributed by atoms with van der Waals surface area (Å²) in [5.41, 5.74) is 3.54. The van der Waals surface area contributed by atoms with Crippen LogP contribution in [0.3, 0.4) is 0 Å². The lowest BCUT2D eigenvalue weighted by Gasteiger charge is -2.12. The first-order chi connectivity index (χ1) is 11.7. The number of hydrogen-bond acceptors (Lipinski definition) is 4. The number of rotatable bonds is 7. The average molecular weight is 325 g/mol. The molecule has 3 rings (SSSR count). The summed E-state index contributed by atoms with van der Waals surface area (Å²) in [5.74, 6) is 1.23. The fourth-order valence-electron chi connectivity index (χ4n) is 2.62. The molecule has 24 heavy (non-hydrogen) atoms. The first-order valence-corrected chi connectivity index (χ1v) is 8.26. The van der Waals surface area contributed by atoms with Crippen molar-refractivity contribution in [2.24, 2.45) is 5.92 Å². The maximum absolute atomic E-state index is 12.1. The van der Waals surface area contributed by atoms with Crippen LogP contribution in [-0.4, -0.2) is 31.6 Å². The van der Waals surface area contributed by atoms with Gasteiger partial charge in [-0.1, -0.05) is 18.2 Å². The van der Waals surface area contributed by atoms with Gasteiger partial charge in [-0.25, -0.2) is 4.98 Å². The van der Waals surface area contributed by atoms with E-state index in [2.05, 4.69) is 16.7 Å². The van der Waals surface area contributed by atoms with Crippen molar-refractivity contribution in [2.75, 3.05) is 26.0 Å². The quantitative estimate of drug-likeness (QED) is 0.821. The molecule has 0 atom stereocenters. The second-order valence-electron chi connectivity index (χ2n) is 6.13. The molecule has 0 unspecified atom stereocenters. The molecule has 1 fully saturated rings. The lowest BCUT2D eigenvalue weighted by atomic mass is 10.1. The van der Waals surface area contributed by atoms with Gasteiger partial charge in [-0.2, -0.15) is 0 Å². The Morgan fingerprint density at radius 3 is 2.83 bits per heavy atom. The molecule has 1 heterocycles. The second-order valence-corrected chi connectivity index (χ2v) is 6.13. The van der Waals surface area contributed by atoms with Crippen LogP contribution in [0.25, 0.3) is 11.3 Å². The summed E-state index contributed by atoms with van der Waals surface area (Å²) in [6, 6.07) is 11.8. The van der Waals surface area contributed by atoms with Crippen LogP contribution in [-0.2, 0) is 11.3 Å². The standard InChI is InChI=1S/C19H23N3O2/c1-20-19(23)16-8-9-17(22-18(16)21-11-13-6-7-13)15-5-3-4-14(10-15)12-24-2/h3-5,8-10,13H,6-7,11-12H2,1-2H3,(H,20,23)(H,21,22). The third kappa shape index (κ3) is 3.92. The van der Waals surface area contributed by atoms with Crippen molar-refractivity contribution in [1.29, 1.82) is 0 Å². The van der Waals surface area contributed by atoms with Crippen LogP contribution in [0.15, 0.2) is 36.4 Å². The monoisotopic (exact) mass is 325 g/mol. The molecule has 5 nitrogen and oxygen atoms in total. The highest BCUT2D eigenvalue weighted by Gasteiger charge is 2.22. The Kier molecular flexibility index (Phi) is 5.11. The lowest BCUT2D eigenvalue weighted by molar-refractivity contribution is 0.0963. The Morgan fingerprint density at radius 1 is 1.29 bits per heavy atom. The molecule has 0 radical (unpaired) electrons. The van der Waals surface area contributed by atoms with E-state index in [9.17, 15) is 4.79 Å².